The quantitative estimate of drug-likeness (QED) is 0.266. The van der Waals surface area contributed by atoms with E-state index in [4.69, 9.17) is 9.52 Å². The van der Waals surface area contributed by atoms with Gasteiger partial charge in [0.25, 0.3) is 0 Å². The van der Waals surface area contributed by atoms with Crippen molar-refractivity contribution in [2.75, 3.05) is 20.1 Å². The molecule has 0 saturated heterocycles. The summed E-state index contributed by atoms with van der Waals surface area (Å²) in [6, 6.07) is 0. The molecule has 0 atom stereocenters. The van der Waals surface area contributed by atoms with Gasteiger partial charge in [0.15, 0.2) is 11.8 Å². The van der Waals surface area contributed by atoms with E-state index in [0.29, 0.717) is 24.2 Å². The fourth-order valence-electron chi connectivity index (χ4n) is 2.82. The van der Waals surface area contributed by atoms with Crippen LogP contribution in [0.25, 0.3) is 0 Å². The van der Waals surface area contributed by atoms with Crippen molar-refractivity contribution in [2.45, 2.75) is 53.0 Å². The fourth-order valence-corrected chi connectivity index (χ4v) is 2.82. The molecule has 9 heteroatoms. The second kappa shape index (κ2) is 11.3. The lowest BCUT2D eigenvalue weighted by molar-refractivity contribution is 0.372. The molecule has 8 nitrogen and oxygen atoms in total. The predicted octanol–water partition coefficient (Wildman–Crippen LogP) is 2.88. The van der Waals surface area contributed by atoms with Crippen LogP contribution in [0.2, 0.25) is 0 Å². The summed E-state index contributed by atoms with van der Waals surface area (Å²) in [7, 11) is 4.02. The molecule has 1 N–H and O–H groups in total. The summed E-state index contributed by atoms with van der Waals surface area (Å²) >= 11 is 0. The number of nitrogens with zero attached hydrogens (tertiary/aromatic N) is 6. The molecule has 0 unspecified atom stereocenters. The van der Waals surface area contributed by atoms with Gasteiger partial charge >= 0.3 is 0 Å². The Hall–Kier alpha value is -1.65. The molecule has 27 heavy (non-hydrogen) atoms. The Morgan fingerprint density at radius 3 is 2.74 bits per heavy atom. The first-order valence-electron chi connectivity index (χ1n) is 9.21. The molecule has 0 radical (unpaired) electrons. The van der Waals surface area contributed by atoms with Gasteiger partial charge in [0.05, 0.1) is 5.69 Å². The lowest BCUT2D eigenvalue weighted by Gasteiger charge is -2.22. The molecular weight excluding hydrogens is 457 g/mol. The van der Waals surface area contributed by atoms with E-state index in [1.807, 2.05) is 18.7 Å². The normalized spacial score (nSPS) is 11.6. The number of hydrogen-bond acceptors (Lipinski definition) is 5. The maximum atomic E-state index is 5.14. The van der Waals surface area contributed by atoms with E-state index >= 15 is 0 Å². The fraction of sp³-hybridized carbons (Fsp3) is 0.667. The first-order chi connectivity index (χ1) is 12.4. The van der Waals surface area contributed by atoms with Crippen LogP contribution >= 0.6 is 24.0 Å². The standard InChI is InChI=1S/C18H31N7O.HI/c1-7-19-18(20-10-8-9-16-21-14(4)23-26-16)24(5)11-15-12-25(6)22-17(15)13(2)3;/h12-13H,7-11H2,1-6H3,(H,19,20);1H. The van der Waals surface area contributed by atoms with E-state index in [9.17, 15) is 0 Å². The van der Waals surface area contributed by atoms with E-state index in [-0.39, 0.29) is 24.0 Å². The molecular formula is C18H32IN7O. The van der Waals surface area contributed by atoms with E-state index in [1.165, 1.54) is 5.56 Å². The molecule has 2 aromatic rings. The number of halogens is 1. The Morgan fingerprint density at radius 1 is 1.41 bits per heavy atom. The van der Waals surface area contributed by atoms with Crippen LogP contribution in [0, 0.1) is 6.92 Å². The van der Waals surface area contributed by atoms with Crippen molar-refractivity contribution in [3.63, 3.8) is 0 Å². The molecule has 0 aliphatic heterocycles. The Kier molecular flexibility index (Phi) is 9.75. The van der Waals surface area contributed by atoms with E-state index < -0.39 is 0 Å². The third kappa shape index (κ3) is 7.11. The molecule has 0 saturated carbocycles. The Labute approximate surface area is 178 Å². The molecule has 2 heterocycles. The lowest BCUT2D eigenvalue weighted by Crippen LogP contribution is -2.38. The maximum Gasteiger partial charge on any atom is 0.226 e. The van der Waals surface area contributed by atoms with Crippen molar-refractivity contribution >= 4 is 29.9 Å². The van der Waals surface area contributed by atoms with Crippen LogP contribution in [0.4, 0.5) is 0 Å². The monoisotopic (exact) mass is 489 g/mol. The van der Waals surface area contributed by atoms with Gasteiger partial charge < -0.3 is 14.7 Å². The predicted molar refractivity (Wildman–Crippen MR) is 118 cm³/mol. The van der Waals surface area contributed by atoms with Gasteiger partial charge in [0.1, 0.15) is 0 Å². The Balaban J connectivity index is 0.00000364. The topological polar surface area (TPSA) is 84.4 Å². The molecule has 2 aromatic heterocycles. The zero-order valence-corrected chi connectivity index (χ0v) is 19.5. The number of rotatable bonds is 8. The molecule has 0 aliphatic carbocycles. The molecule has 2 rings (SSSR count). The highest BCUT2D eigenvalue weighted by Crippen LogP contribution is 2.18. The smallest absolute Gasteiger partial charge is 0.226 e. The first kappa shape index (κ1) is 23.4. The minimum atomic E-state index is 0. The number of aromatic nitrogens is 4. The number of guanidine groups is 1. The number of nitrogens with one attached hydrogen (secondary N) is 1. The van der Waals surface area contributed by atoms with Crippen molar-refractivity contribution in [3.05, 3.63) is 29.2 Å². The van der Waals surface area contributed by atoms with Gasteiger partial charge in [0.2, 0.25) is 5.89 Å². The summed E-state index contributed by atoms with van der Waals surface area (Å²) < 4.78 is 7.02. The third-order valence-corrected chi connectivity index (χ3v) is 3.97. The summed E-state index contributed by atoms with van der Waals surface area (Å²) in [5.41, 5.74) is 2.37. The van der Waals surface area contributed by atoms with Crippen LogP contribution < -0.4 is 5.32 Å². The highest BCUT2D eigenvalue weighted by molar-refractivity contribution is 14.0. The van der Waals surface area contributed by atoms with Crippen LogP contribution in [0.3, 0.4) is 0 Å². The van der Waals surface area contributed by atoms with Gasteiger partial charge in [-0.1, -0.05) is 19.0 Å². The largest absolute Gasteiger partial charge is 0.357 e. The van der Waals surface area contributed by atoms with E-state index in [1.54, 1.807) is 0 Å². The van der Waals surface area contributed by atoms with Crippen molar-refractivity contribution in [1.82, 2.24) is 30.1 Å². The van der Waals surface area contributed by atoms with E-state index in [0.717, 1.165) is 37.6 Å². The zero-order valence-electron chi connectivity index (χ0n) is 17.2. The van der Waals surface area contributed by atoms with Gasteiger partial charge in [-0.15, -0.1) is 24.0 Å². The van der Waals surface area contributed by atoms with Crippen molar-refractivity contribution < 1.29 is 4.52 Å². The highest BCUT2D eigenvalue weighted by atomic mass is 127. The number of hydrogen-bond donors (Lipinski definition) is 1. The molecule has 0 bridgehead atoms. The molecule has 0 fully saturated rings. The molecule has 152 valence electrons. The first-order valence-corrected chi connectivity index (χ1v) is 9.21. The third-order valence-electron chi connectivity index (χ3n) is 3.97. The van der Waals surface area contributed by atoms with E-state index in [2.05, 4.69) is 59.5 Å². The van der Waals surface area contributed by atoms with Crippen LogP contribution in [0.1, 0.15) is 56.1 Å². The highest BCUT2D eigenvalue weighted by Gasteiger charge is 2.15. The van der Waals surface area contributed by atoms with Gasteiger partial charge in [0, 0.05) is 51.9 Å². The van der Waals surface area contributed by atoms with Crippen LogP contribution in [0.15, 0.2) is 15.7 Å². The summed E-state index contributed by atoms with van der Waals surface area (Å²) in [5.74, 6) is 2.65. The Morgan fingerprint density at radius 2 is 2.15 bits per heavy atom. The molecule has 0 spiro atoms. The second-order valence-electron chi connectivity index (χ2n) is 6.80. The summed E-state index contributed by atoms with van der Waals surface area (Å²) in [6.07, 6.45) is 3.70. The molecule has 0 aliphatic rings. The number of aliphatic imine (C=N–C) groups is 1. The van der Waals surface area contributed by atoms with Crippen LogP contribution in [-0.4, -0.2) is 50.9 Å². The van der Waals surface area contributed by atoms with Gasteiger partial charge in [-0.2, -0.15) is 10.1 Å². The summed E-state index contributed by atoms with van der Waals surface area (Å²) in [5, 5.41) is 11.8. The Bertz CT molecular complexity index is 723. The summed E-state index contributed by atoms with van der Waals surface area (Å²) in [6.45, 7) is 10.6. The SMILES string of the molecule is CCNC(=NCCCc1nc(C)no1)N(C)Cc1cn(C)nc1C(C)C.I. The average Bonchev–Trinajstić information content (AvgIpc) is 3.15. The molecule has 0 amide bonds. The van der Waals surface area contributed by atoms with Crippen molar-refractivity contribution in [3.8, 4) is 0 Å². The van der Waals surface area contributed by atoms with Gasteiger partial charge in [-0.3, -0.25) is 9.67 Å². The lowest BCUT2D eigenvalue weighted by atomic mass is 10.1. The number of aryl methyl sites for hydroxylation is 3. The van der Waals surface area contributed by atoms with Gasteiger partial charge in [-0.25, -0.2) is 0 Å². The van der Waals surface area contributed by atoms with Gasteiger partial charge in [-0.05, 0) is 26.2 Å². The average molecular weight is 489 g/mol. The van der Waals surface area contributed by atoms with Crippen LogP contribution in [0.5, 0.6) is 0 Å². The minimum absolute atomic E-state index is 0. The minimum Gasteiger partial charge on any atom is -0.357 e. The second-order valence-corrected chi connectivity index (χ2v) is 6.80. The van der Waals surface area contributed by atoms with Crippen molar-refractivity contribution in [1.29, 1.82) is 0 Å². The summed E-state index contributed by atoms with van der Waals surface area (Å²) in [4.78, 5) is 11.1. The van der Waals surface area contributed by atoms with Crippen molar-refractivity contribution in [2.24, 2.45) is 12.0 Å². The maximum absolute atomic E-state index is 5.14. The van der Waals surface area contributed by atoms with Crippen LogP contribution in [-0.2, 0) is 20.0 Å². The zero-order chi connectivity index (χ0) is 19.1. The molecule has 0 aromatic carbocycles.